The first-order valence-corrected chi connectivity index (χ1v) is 7.04. The van der Waals surface area contributed by atoms with Crippen LogP contribution in [0.4, 0.5) is 13.2 Å². The number of hydrogen-bond acceptors (Lipinski definition) is 2. The van der Waals surface area contributed by atoms with Crippen molar-refractivity contribution in [2.24, 2.45) is 0 Å². The van der Waals surface area contributed by atoms with Gasteiger partial charge in [-0.05, 0) is 18.7 Å². The van der Waals surface area contributed by atoms with Gasteiger partial charge in [-0.2, -0.15) is 13.2 Å². The van der Waals surface area contributed by atoms with Gasteiger partial charge in [0.05, 0.1) is 6.42 Å². The van der Waals surface area contributed by atoms with E-state index in [0.29, 0.717) is 6.54 Å². The lowest BCUT2D eigenvalue weighted by molar-refractivity contribution is -0.133. The van der Waals surface area contributed by atoms with Crippen LogP contribution >= 0.6 is 0 Å². The predicted molar refractivity (Wildman–Crippen MR) is 75.6 cm³/mol. The highest BCUT2D eigenvalue weighted by molar-refractivity contribution is 5.19. The monoisotopic (exact) mass is 288 g/mol. The van der Waals surface area contributed by atoms with Gasteiger partial charge in [-0.25, -0.2) is 0 Å². The minimum absolute atomic E-state index is 0.0336. The zero-order valence-electron chi connectivity index (χ0n) is 12.1. The first kappa shape index (κ1) is 17.0. The summed E-state index contributed by atoms with van der Waals surface area (Å²) in [6.07, 6.45) is -4.88. The fraction of sp³-hybridized carbons (Fsp3) is 0.600. The maximum absolute atomic E-state index is 12.1. The van der Waals surface area contributed by atoms with E-state index >= 15 is 0 Å². The molecule has 1 rings (SSSR count). The normalized spacial score (nSPS) is 13.7. The first-order valence-electron chi connectivity index (χ1n) is 7.04. The third kappa shape index (κ3) is 5.92. The van der Waals surface area contributed by atoms with Crippen LogP contribution in [0.3, 0.4) is 0 Å². The molecule has 0 aliphatic carbocycles. The molecule has 1 N–H and O–H groups in total. The molecule has 2 nitrogen and oxygen atoms in total. The molecule has 1 atom stereocenters. The Bertz CT molecular complexity index is 361. The molecule has 0 saturated carbocycles. The predicted octanol–water partition coefficient (Wildman–Crippen LogP) is 3.61. The van der Waals surface area contributed by atoms with Gasteiger partial charge in [-0.1, -0.05) is 44.2 Å². The summed E-state index contributed by atoms with van der Waals surface area (Å²) in [5.74, 6) is 0. The van der Waals surface area contributed by atoms with Crippen molar-refractivity contribution in [1.29, 1.82) is 0 Å². The topological polar surface area (TPSA) is 15.3 Å². The van der Waals surface area contributed by atoms with Gasteiger partial charge in [0.15, 0.2) is 0 Å². The second kappa shape index (κ2) is 8.27. The van der Waals surface area contributed by atoms with Crippen LogP contribution in [0.1, 0.15) is 31.9 Å². The Balaban J connectivity index is 2.60. The van der Waals surface area contributed by atoms with Crippen molar-refractivity contribution in [1.82, 2.24) is 10.2 Å². The number of alkyl halides is 3. The quantitative estimate of drug-likeness (QED) is 0.735. The second-order valence-corrected chi connectivity index (χ2v) is 4.72. The summed E-state index contributed by atoms with van der Waals surface area (Å²) >= 11 is 0. The molecule has 5 heteroatoms. The molecule has 0 aliphatic heterocycles. The summed E-state index contributed by atoms with van der Waals surface area (Å²) in [5.41, 5.74) is 1.13. The summed E-state index contributed by atoms with van der Waals surface area (Å²) in [6.45, 7) is 6.37. The number of benzene rings is 1. The fourth-order valence-corrected chi connectivity index (χ4v) is 2.27. The van der Waals surface area contributed by atoms with Gasteiger partial charge >= 0.3 is 6.18 Å². The standard InChI is InChI=1S/C15H23F3N2/c1-3-20(4-2)14(13-8-6-5-7-9-13)12-19-11-10-15(16,17)18/h5-9,14,19H,3-4,10-12H2,1-2H3. The van der Waals surface area contributed by atoms with Crippen molar-refractivity contribution in [3.8, 4) is 0 Å². The van der Waals surface area contributed by atoms with E-state index in [9.17, 15) is 13.2 Å². The Hall–Kier alpha value is -1.07. The third-order valence-electron chi connectivity index (χ3n) is 3.36. The summed E-state index contributed by atoms with van der Waals surface area (Å²) in [5, 5.41) is 2.93. The van der Waals surface area contributed by atoms with E-state index in [1.807, 2.05) is 30.3 Å². The largest absolute Gasteiger partial charge is 0.390 e. The van der Waals surface area contributed by atoms with Crippen molar-refractivity contribution in [3.63, 3.8) is 0 Å². The van der Waals surface area contributed by atoms with Crippen molar-refractivity contribution < 1.29 is 13.2 Å². The molecule has 0 heterocycles. The van der Waals surface area contributed by atoms with Gasteiger partial charge in [0, 0.05) is 19.1 Å². The zero-order chi connectivity index (χ0) is 15.0. The van der Waals surface area contributed by atoms with E-state index in [0.717, 1.165) is 18.7 Å². The number of likely N-dealkylation sites (N-methyl/N-ethyl adjacent to an activating group) is 1. The van der Waals surface area contributed by atoms with Gasteiger partial charge in [0.25, 0.3) is 0 Å². The molecule has 0 fully saturated rings. The van der Waals surface area contributed by atoms with Crippen molar-refractivity contribution in [2.75, 3.05) is 26.2 Å². The number of hydrogen-bond donors (Lipinski definition) is 1. The van der Waals surface area contributed by atoms with E-state index in [1.54, 1.807) is 0 Å². The van der Waals surface area contributed by atoms with Crippen molar-refractivity contribution in [3.05, 3.63) is 35.9 Å². The lowest BCUT2D eigenvalue weighted by atomic mass is 10.1. The lowest BCUT2D eigenvalue weighted by Gasteiger charge is -2.30. The van der Waals surface area contributed by atoms with E-state index in [4.69, 9.17) is 0 Å². The Morgan fingerprint density at radius 3 is 2.20 bits per heavy atom. The number of nitrogens with one attached hydrogen (secondary N) is 1. The number of halogens is 3. The highest BCUT2D eigenvalue weighted by Crippen LogP contribution is 2.21. The SMILES string of the molecule is CCN(CC)C(CNCCC(F)(F)F)c1ccccc1. The van der Waals surface area contributed by atoms with E-state index < -0.39 is 12.6 Å². The molecule has 0 radical (unpaired) electrons. The molecule has 0 aliphatic rings. The molecule has 0 amide bonds. The van der Waals surface area contributed by atoms with E-state index in [-0.39, 0.29) is 12.6 Å². The van der Waals surface area contributed by atoms with Crippen LogP contribution in [0.5, 0.6) is 0 Å². The van der Waals surface area contributed by atoms with Crippen LogP contribution in [0.2, 0.25) is 0 Å². The van der Waals surface area contributed by atoms with Crippen LogP contribution in [0.15, 0.2) is 30.3 Å². The van der Waals surface area contributed by atoms with Crippen LogP contribution in [0.25, 0.3) is 0 Å². The zero-order valence-corrected chi connectivity index (χ0v) is 12.1. The van der Waals surface area contributed by atoms with Crippen LogP contribution in [-0.4, -0.2) is 37.3 Å². The maximum Gasteiger partial charge on any atom is 0.390 e. The molecular weight excluding hydrogens is 265 g/mol. The Kier molecular flexibility index (Phi) is 7.02. The molecule has 20 heavy (non-hydrogen) atoms. The van der Waals surface area contributed by atoms with Crippen LogP contribution in [0, 0.1) is 0 Å². The highest BCUT2D eigenvalue weighted by atomic mass is 19.4. The third-order valence-corrected chi connectivity index (χ3v) is 3.36. The minimum Gasteiger partial charge on any atom is -0.314 e. The van der Waals surface area contributed by atoms with Crippen LogP contribution < -0.4 is 5.32 Å². The molecule has 0 saturated heterocycles. The fourth-order valence-electron chi connectivity index (χ4n) is 2.27. The molecule has 1 unspecified atom stereocenters. The molecule has 1 aromatic carbocycles. The molecule has 1 aromatic rings. The maximum atomic E-state index is 12.1. The average Bonchev–Trinajstić information content (AvgIpc) is 2.42. The van der Waals surface area contributed by atoms with Gasteiger partial charge in [-0.3, -0.25) is 4.90 Å². The molecular formula is C15H23F3N2. The van der Waals surface area contributed by atoms with Gasteiger partial charge in [0.2, 0.25) is 0 Å². The Labute approximate surface area is 119 Å². The van der Waals surface area contributed by atoms with Crippen LogP contribution in [-0.2, 0) is 0 Å². The second-order valence-electron chi connectivity index (χ2n) is 4.72. The smallest absolute Gasteiger partial charge is 0.314 e. The van der Waals surface area contributed by atoms with E-state index in [1.165, 1.54) is 0 Å². The number of rotatable bonds is 8. The summed E-state index contributed by atoms with van der Waals surface area (Å²) in [7, 11) is 0. The molecule has 0 bridgehead atoms. The Morgan fingerprint density at radius 1 is 1.10 bits per heavy atom. The van der Waals surface area contributed by atoms with E-state index in [2.05, 4.69) is 24.1 Å². The minimum atomic E-state index is -4.09. The first-order chi connectivity index (χ1) is 9.48. The highest BCUT2D eigenvalue weighted by Gasteiger charge is 2.26. The van der Waals surface area contributed by atoms with Crippen molar-refractivity contribution >= 4 is 0 Å². The summed E-state index contributed by atoms with van der Waals surface area (Å²) in [6, 6.07) is 10.0. The summed E-state index contributed by atoms with van der Waals surface area (Å²) < 4.78 is 36.4. The molecule has 0 spiro atoms. The Morgan fingerprint density at radius 2 is 1.70 bits per heavy atom. The van der Waals surface area contributed by atoms with Gasteiger partial charge in [0.1, 0.15) is 0 Å². The van der Waals surface area contributed by atoms with Gasteiger partial charge < -0.3 is 5.32 Å². The van der Waals surface area contributed by atoms with Crippen molar-refractivity contribution in [2.45, 2.75) is 32.5 Å². The molecule has 114 valence electrons. The lowest BCUT2D eigenvalue weighted by Crippen LogP contribution is -2.36. The molecule has 0 aromatic heterocycles. The summed E-state index contributed by atoms with van der Waals surface area (Å²) in [4.78, 5) is 2.25. The van der Waals surface area contributed by atoms with Gasteiger partial charge in [-0.15, -0.1) is 0 Å². The number of nitrogens with zero attached hydrogens (tertiary/aromatic N) is 1. The average molecular weight is 288 g/mol.